The van der Waals surface area contributed by atoms with Gasteiger partial charge in [0.05, 0.1) is 17.3 Å². The van der Waals surface area contributed by atoms with Crippen molar-refractivity contribution in [3.05, 3.63) is 23.3 Å². The number of aliphatic imine (C=N–C) groups is 3. The molecule has 3 aliphatic rings. The summed E-state index contributed by atoms with van der Waals surface area (Å²) in [6.07, 6.45) is 8.96. The third kappa shape index (κ3) is 3.45. The van der Waals surface area contributed by atoms with Gasteiger partial charge in [-0.2, -0.15) is 0 Å². The predicted octanol–water partition coefficient (Wildman–Crippen LogP) is 1.89. The number of hydrogen-bond acceptors (Lipinski definition) is 6. The Labute approximate surface area is 158 Å². The number of hydrogen-bond donors (Lipinski definition) is 2. The Morgan fingerprint density at radius 1 is 1.44 bits per heavy atom. The van der Waals surface area contributed by atoms with Gasteiger partial charge in [0.1, 0.15) is 5.54 Å². The summed E-state index contributed by atoms with van der Waals surface area (Å²) in [7, 11) is 0. The van der Waals surface area contributed by atoms with E-state index in [1.807, 2.05) is 18.5 Å². The van der Waals surface area contributed by atoms with Crippen LogP contribution in [0.15, 0.2) is 38.3 Å². The molecule has 2 atom stereocenters. The van der Waals surface area contributed by atoms with Crippen molar-refractivity contribution in [2.75, 3.05) is 12.8 Å². The van der Waals surface area contributed by atoms with E-state index in [2.05, 4.69) is 18.8 Å². The zero-order chi connectivity index (χ0) is 17.5. The molecule has 2 heterocycles. The maximum Gasteiger partial charge on any atom is 0.250 e. The molecule has 0 aromatic rings. The molecule has 25 heavy (non-hydrogen) atoms. The van der Waals surface area contributed by atoms with Crippen LogP contribution in [0.1, 0.15) is 26.7 Å². The van der Waals surface area contributed by atoms with Gasteiger partial charge in [0, 0.05) is 18.2 Å². The van der Waals surface area contributed by atoms with Gasteiger partial charge in [-0.25, -0.2) is 9.98 Å². The van der Waals surface area contributed by atoms with Gasteiger partial charge in [-0.05, 0) is 30.7 Å². The molecule has 1 aliphatic carbocycles. The number of thioether (sulfide) groups is 1. The smallest absolute Gasteiger partial charge is 0.250 e. The number of carbonyl (C=O) groups is 1. The second-order valence-corrected chi connectivity index (χ2v) is 7.97. The standard InChI is InChI=1S/C17H23N5OS.ClH/c1-16(2,9-18)6-11-7-17-10(8-20-15(22-17)24-3)4-5-12(14(19)23)13(17)21-11;/h4-5,8,11H,6-7,9,18H2,1-3H3,(H2,19,23);1H. The molecule has 0 saturated carbocycles. The Morgan fingerprint density at radius 2 is 2.16 bits per heavy atom. The van der Waals surface area contributed by atoms with Crippen LogP contribution in [0.2, 0.25) is 0 Å². The summed E-state index contributed by atoms with van der Waals surface area (Å²) < 4.78 is 0. The van der Waals surface area contributed by atoms with Gasteiger partial charge in [0.25, 0.3) is 5.91 Å². The fourth-order valence-corrected chi connectivity index (χ4v) is 3.88. The lowest BCUT2D eigenvalue weighted by Crippen LogP contribution is -2.44. The van der Waals surface area contributed by atoms with E-state index in [-0.39, 0.29) is 23.9 Å². The minimum Gasteiger partial charge on any atom is -0.366 e. The molecule has 0 fully saturated rings. The Kier molecular flexibility index (Phi) is 5.61. The van der Waals surface area contributed by atoms with Crippen molar-refractivity contribution >= 4 is 47.2 Å². The number of halogens is 1. The van der Waals surface area contributed by atoms with Crippen LogP contribution in [0, 0.1) is 5.41 Å². The first kappa shape index (κ1) is 19.9. The van der Waals surface area contributed by atoms with Crippen molar-refractivity contribution < 1.29 is 4.79 Å². The van der Waals surface area contributed by atoms with E-state index in [1.54, 1.807) is 6.08 Å². The molecule has 0 bridgehead atoms. The molecule has 0 saturated heterocycles. The molecular weight excluding hydrogens is 358 g/mol. The number of amidine groups is 1. The fraction of sp³-hybridized carbons (Fsp3) is 0.529. The first-order valence-corrected chi connectivity index (χ1v) is 9.23. The highest BCUT2D eigenvalue weighted by Crippen LogP contribution is 2.44. The average molecular weight is 382 g/mol. The summed E-state index contributed by atoms with van der Waals surface area (Å²) in [4.78, 5) is 26.0. The Bertz CT molecular complexity index is 737. The maximum atomic E-state index is 11.9. The molecule has 8 heteroatoms. The molecule has 4 N–H and O–H groups in total. The number of nitrogens with zero attached hydrogens (tertiary/aromatic N) is 3. The third-order valence-electron chi connectivity index (χ3n) is 4.79. The molecule has 3 rings (SSSR count). The van der Waals surface area contributed by atoms with E-state index in [0.29, 0.717) is 23.0 Å². The van der Waals surface area contributed by atoms with Crippen molar-refractivity contribution in [2.45, 2.75) is 38.3 Å². The summed E-state index contributed by atoms with van der Waals surface area (Å²) >= 11 is 1.49. The number of carbonyl (C=O) groups excluding carboxylic acids is 1. The first-order valence-electron chi connectivity index (χ1n) is 8.00. The van der Waals surface area contributed by atoms with Crippen molar-refractivity contribution in [2.24, 2.45) is 31.9 Å². The molecule has 2 aliphatic heterocycles. The highest BCUT2D eigenvalue weighted by atomic mass is 35.5. The van der Waals surface area contributed by atoms with Crippen LogP contribution < -0.4 is 11.5 Å². The number of primary amides is 1. The van der Waals surface area contributed by atoms with E-state index in [0.717, 1.165) is 18.4 Å². The van der Waals surface area contributed by atoms with Gasteiger partial charge in [0.2, 0.25) is 0 Å². The van der Waals surface area contributed by atoms with Crippen LogP contribution in [0.5, 0.6) is 0 Å². The lowest BCUT2D eigenvalue weighted by atomic mass is 9.75. The van der Waals surface area contributed by atoms with Gasteiger partial charge >= 0.3 is 0 Å². The minimum absolute atomic E-state index is 0. The second kappa shape index (κ2) is 7.05. The molecule has 6 nitrogen and oxygen atoms in total. The van der Waals surface area contributed by atoms with Gasteiger partial charge in [-0.15, -0.1) is 12.4 Å². The van der Waals surface area contributed by atoms with Crippen molar-refractivity contribution in [1.82, 2.24) is 0 Å². The van der Waals surface area contributed by atoms with Crippen molar-refractivity contribution in [3.8, 4) is 0 Å². The first-order chi connectivity index (χ1) is 11.3. The average Bonchev–Trinajstić information content (AvgIpc) is 2.88. The molecule has 0 aromatic carbocycles. The lowest BCUT2D eigenvalue weighted by Gasteiger charge is -2.34. The van der Waals surface area contributed by atoms with Crippen LogP contribution in [-0.4, -0.2) is 47.4 Å². The van der Waals surface area contributed by atoms with Crippen LogP contribution in [-0.2, 0) is 4.79 Å². The van der Waals surface area contributed by atoms with E-state index in [4.69, 9.17) is 21.5 Å². The summed E-state index contributed by atoms with van der Waals surface area (Å²) in [6.45, 7) is 4.85. The summed E-state index contributed by atoms with van der Waals surface area (Å²) in [5, 5.41) is 0.698. The minimum atomic E-state index is -0.630. The van der Waals surface area contributed by atoms with Crippen molar-refractivity contribution in [1.29, 1.82) is 0 Å². The number of rotatable bonds is 4. The molecule has 2 unspecified atom stereocenters. The zero-order valence-corrected chi connectivity index (χ0v) is 16.3. The van der Waals surface area contributed by atoms with Gasteiger partial charge in [-0.1, -0.05) is 31.7 Å². The van der Waals surface area contributed by atoms with Crippen molar-refractivity contribution in [3.63, 3.8) is 0 Å². The zero-order valence-electron chi connectivity index (χ0n) is 14.7. The Morgan fingerprint density at radius 3 is 2.76 bits per heavy atom. The highest BCUT2D eigenvalue weighted by molar-refractivity contribution is 8.13. The molecule has 1 amide bonds. The van der Waals surface area contributed by atoms with Crippen LogP contribution in [0.25, 0.3) is 0 Å². The molecular formula is C17H24ClN5OS. The largest absolute Gasteiger partial charge is 0.366 e. The van der Waals surface area contributed by atoms with E-state index >= 15 is 0 Å². The number of allylic oxidation sites excluding steroid dienone is 2. The number of amides is 1. The quantitative estimate of drug-likeness (QED) is 0.776. The SMILES string of the molecule is CSC1=NC23CC(CC(C)(C)CN)N=C2C(C(N)=O)=CC=C3C=N1.Cl. The summed E-state index contributed by atoms with van der Waals surface area (Å²) in [5.41, 5.74) is 12.9. The van der Waals surface area contributed by atoms with Gasteiger partial charge in [-0.3, -0.25) is 9.79 Å². The molecule has 136 valence electrons. The molecule has 0 radical (unpaired) electrons. The monoisotopic (exact) mass is 381 g/mol. The maximum absolute atomic E-state index is 11.9. The Hall–Kier alpha value is -1.44. The van der Waals surface area contributed by atoms with E-state index in [1.165, 1.54) is 11.8 Å². The Balaban J connectivity index is 0.00000225. The fourth-order valence-electron chi connectivity index (χ4n) is 3.48. The highest BCUT2D eigenvalue weighted by Gasteiger charge is 2.51. The van der Waals surface area contributed by atoms with Crippen LogP contribution in [0.3, 0.4) is 0 Å². The van der Waals surface area contributed by atoms with Crippen LogP contribution >= 0.6 is 24.2 Å². The molecule has 0 aromatic heterocycles. The summed E-state index contributed by atoms with van der Waals surface area (Å²) in [5.74, 6) is -0.467. The van der Waals surface area contributed by atoms with E-state index < -0.39 is 11.4 Å². The third-order valence-corrected chi connectivity index (χ3v) is 5.35. The normalized spacial score (nSPS) is 27.3. The van der Waals surface area contributed by atoms with Gasteiger partial charge < -0.3 is 11.5 Å². The van der Waals surface area contributed by atoms with E-state index in [9.17, 15) is 4.79 Å². The lowest BCUT2D eigenvalue weighted by molar-refractivity contribution is -0.114. The second-order valence-electron chi connectivity index (χ2n) is 7.19. The molecule has 1 spiro atoms. The topological polar surface area (TPSA) is 106 Å². The van der Waals surface area contributed by atoms with Crippen LogP contribution in [0.4, 0.5) is 0 Å². The van der Waals surface area contributed by atoms with Gasteiger partial charge in [0.15, 0.2) is 5.17 Å². The predicted molar refractivity (Wildman–Crippen MR) is 108 cm³/mol. The summed E-state index contributed by atoms with van der Waals surface area (Å²) in [6, 6.07) is 0.0566. The number of nitrogens with two attached hydrogens (primary N) is 2.